The highest BCUT2D eigenvalue weighted by atomic mass is 16.5. The molecule has 2 aliphatic rings. The lowest BCUT2D eigenvalue weighted by molar-refractivity contribution is 0.0575. The zero-order valence-corrected chi connectivity index (χ0v) is 14.7. The summed E-state index contributed by atoms with van der Waals surface area (Å²) in [7, 11) is 3.83. The normalized spacial score (nSPS) is 23.3. The summed E-state index contributed by atoms with van der Waals surface area (Å²) < 4.78 is 7.63. The largest absolute Gasteiger partial charge is 0.377 e. The SMILES string of the molecule is COC1CCC2(CCN(Cc3cnn(C)c3)CC2)c2ccccc21. The van der Waals surface area contributed by atoms with Crippen molar-refractivity contribution in [2.75, 3.05) is 20.2 Å². The molecule has 0 saturated carbocycles. The maximum absolute atomic E-state index is 5.73. The first kappa shape index (κ1) is 15.9. The molecule has 1 aromatic heterocycles. The highest BCUT2D eigenvalue weighted by Gasteiger charge is 2.41. The van der Waals surface area contributed by atoms with Crippen LogP contribution < -0.4 is 0 Å². The van der Waals surface area contributed by atoms with Gasteiger partial charge in [-0.1, -0.05) is 24.3 Å². The van der Waals surface area contributed by atoms with Gasteiger partial charge in [0.15, 0.2) is 0 Å². The van der Waals surface area contributed by atoms with Crippen molar-refractivity contribution in [2.24, 2.45) is 7.05 Å². The Morgan fingerprint density at radius 3 is 2.71 bits per heavy atom. The molecule has 1 aromatic carbocycles. The van der Waals surface area contributed by atoms with Crippen molar-refractivity contribution in [2.45, 2.75) is 43.7 Å². The third-order valence-electron chi connectivity index (χ3n) is 6.03. The number of fused-ring (bicyclic) bond motifs is 2. The summed E-state index contributed by atoms with van der Waals surface area (Å²) >= 11 is 0. The maximum atomic E-state index is 5.73. The van der Waals surface area contributed by atoms with Gasteiger partial charge in [0.25, 0.3) is 0 Å². The first-order valence-corrected chi connectivity index (χ1v) is 9.02. The monoisotopic (exact) mass is 325 g/mol. The van der Waals surface area contributed by atoms with Gasteiger partial charge in [-0.2, -0.15) is 5.10 Å². The fourth-order valence-corrected chi connectivity index (χ4v) is 4.67. The van der Waals surface area contributed by atoms with E-state index in [0.29, 0.717) is 5.41 Å². The van der Waals surface area contributed by atoms with Crippen molar-refractivity contribution < 1.29 is 4.74 Å². The van der Waals surface area contributed by atoms with Gasteiger partial charge in [0, 0.05) is 32.5 Å². The van der Waals surface area contributed by atoms with E-state index >= 15 is 0 Å². The van der Waals surface area contributed by atoms with Gasteiger partial charge in [-0.3, -0.25) is 9.58 Å². The van der Waals surface area contributed by atoms with Crippen LogP contribution in [0.25, 0.3) is 0 Å². The lowest BCUT2D eigenvalue weighted by Crippen LogP contribution is -2.44. The van der Waals surface area contributed by atoms with Crippen LogP contribution in [-0.4, -0.2) is 34.9 Å². The average molecular weight is 325 g/mol. The summed E-state index contributed by atoms with van der Waals surface area (Å²) in [5.41, 5.74) is 4.64. The standard InChI is InChI=1S/C20H27N3O/c1-22-14-16(13-21-22)15-23-11-9-20(10-12-23)8-7-19(24-2)17-5-3-4-6-18(17)20/h3-6,13-14,19H,7-12,15H2,1-2H3. The molecule has 1 saturated heterocycles. The summed E-state index contributed by atoms with van der Waals surface area (Å²) in [6, 6.07) is 8.96. The molecule has 4 rings (SSSR count). The second kappa shape index (κ2) is 6.34. The minimum Gasteiger partial charge on any atom is -0.377 e. The lowest BCUT2D eigenvalue weighted by atomic mass is 9.64. The van der Waals surface area contributed by atoms with Gasteiger partial charge in [-0.05, 0) is 55.3 Å². The summed E-state index contributed by atoms with van der Waals surface area (Å²) in [6.45, 7) is 3.36. The minimum absolute atomic E-state index is 0.278. The van der Waals surface area contributed by atoms with Gasteiger partial charge in [0.2, 0.25) is 0 Å². The van der Waals surface area contributed by atoms with E-state index in [4.69, 9.17) is 4.74 Å². The molecule has 2 heterocycles. The molecule has 0 radical (unpaired) electrons. The van der Waals surface area contributed by atoms with E-state index in [9.17, 15) is 0 Å². The van der Waals surface area contributed by atoms with Gasteiger partial charge in [0.05, 0.1) is 12.3 Å². The molecule has 2 aromatic rings. The van der Waals surface area contributed by atoms with Crippen molar-refractivity contribution in [3.63, 3.8) is 0 Å². The molecule has 4 nitrogen and oxygen atoms in total. The average Bonchev–Trinajstić information content (AvgIpc) is 3.03. The smallest absolute Gasteiger partial charge is 0.0824 e. The maximum Gasteiger partial charge on any atom is 0.0824 e. The van der Waals surface area contributed by atoms with Crippen molar-refractivity contribution in [3.8, 4) is 0 Å². The highest BCUT2D eigenvalue weighted by molar-refractivity contribution is 5.39. The predicted molar refractivity (Wildman–Crippen MR) is 94.8 cm³/mol. The first-order chi connectivity index (χ1) is 11.7. The van der Waals surface area contributed by atoms with Crippen LogP contribution in [0, 0.1) is 0 Å². The van der Waals surface area contributed by atoms with Gasteiger partial charge in [-0.25, -0.2) is 0 Å². The fraction of sp³-hybridized carbons (Fsp3) is 0.550. The van der Waals surface area contributed by atoms with Crippen molar-refractivity contribution >= 4 is 0 Å². The number of aryl methyl sites for hydroxylation is 1. The Morgan fingerprint density at radius 1 is 1.21 bits per heavy atom. The van der Waals surface area contributed by atoms with E-state index in [-0.39, 0.29) is 6.10 Å². The Morgan fingerprint density at radius 2 is 2.00 bits per heavy atom. The van der Waals surface area contributed by atoms with Crippen LogP contribution in [0.15, 0.2) is 36.7 Å². The zero-order valence-electron chi connectivity index (χ0n) is 14.7. The molecule has 0 N–H and O–H groups in total. The van der Waals surface area contributed by atoms with Crippen LogP contribution in [0.2, 0.25) is 0 Å². The van der Waals surface area contributed by atoms with E-state index in [0.717, 1.165) is 13.0 Å². The van der Waals surface area contributed by atoms with Crippen LogP contribution in [0.4, 0.5) is 0 Å². The number of hydrogen-bond acceptors (Lipinski definition) is 3. The Bertz CT molecular complexity index is 700. The van der Waals surface area contributed by atoms with Crippen molar-refractivity contribution in [3.05, 3.63) is 53.3 Å². The van der Waals surface area contributed by atoms with Crippen LogP contribution in [0.5, 0.6) is 0 Å². The molecule has 128 valence electrons. The van der Waals surface area contributed by atoms with Crippen LogP contribution in [0.1, 0.15) is 48.5 Å². The molecular weight excluding hydrogens is 298 g/mol. The molecule has 0 amide bonds. The number of likely N-dealkylation sites (tertiary alicyclic amines) is 1. The molecule has 1 spiro atoms. The molecular formula is C20H27N3O. The number of hydrogen-bond donors (Lipinski definition) is 0. The number of piperidine rings is 1. The van der Waals surface area contributed by atoms with E-state index in [1.807, 2.05) is 25.0 Å². The van der Waals surface area contributed by atoms with Gasteiger partial charge < -0.3 is 4.74 Å². The lowest BCUT2D eigenvalue weighted by Gasteiger charge is -2.47. The number of rotatable bonds is 3. The Hall–Kier alpha value is -1.65. The second-order valence-electron chi connectivity index (χ2n) is 7.43. The minimum atomic E-state index is 0.278. The van der Waals surface area contributed by atoms with Gasteiger partial charge in [0.1, 0.15) is 0 Å². The topological polar surface area (TPSA) is 30.3 Å². The Labute approximate surface area is 144 Å². The summed E-state index contributed by atoms with van der Waals surface area (Å²) in [4.78, 5) is 2.58. The predicted octanol–water partition coefficient (Wildman–Crippen LogP) is 3.44. The summed E-state index contributed by atoms with van der Waals surface area (Å²) in [6.07, 6.45) is 9.30. The number of ether oxygens (including phenoxy) is 1. The molecule has 1 aliphatic heterocycles. The van der Waals surface area contributed by atoms with Crippen molar-refractivity contribution in [1.82, 2.24) is 14.7 Å². The number of nitrogens with zero attached hydrogens (tertiary/aromatic N) is 3. The Balaban J connectivity index is 1.50. The highest BCUT2D eigenvalue weighted by Crippen LogP contribution is 2.48. The van der Waals surface area contributed by atoms with Crippen LogP contribution in [0.3, 0.4) is 0 Å². The number of aromatic nitrogens is 2. The third kappa shape index (κ3) is 2.78. The van der Waals surface area contributed by atoms with E-state index < -0.39 is 0 Å². The summed E-state index contributed by atoms with van der Waals surface area (Å²) in [5.74, 6) is 0. The Kier molecular flexibility index (Phi) is 4.19. The number of benzene rings is 1. The van der Waals surface area contributed by atoms with E-state index in [2.05, 4.69) is 40.5 Å². The zero-order chi connectivity index (χ0) is 16.6. The number of methoxy groups -OCH3 is 1. The van der Waals surface area contributed by atoms with Gasteiger partial charge >= 0.3 is 0 Å². The van der Waals surface area contributed by atoms with E-state index in [1.54, 1.807) is 5.56 Å². The molecule has 0 bridgehead atoms. The summed E-state index contributed by atoms with van der Waals surface area (Å²) in [5, 5.41) is 4.29. The molecule has 4 heteroatoms. The molecule has 24 heavy (non-hydrogen) atoms. The molecule has 1 atom stereocenters. The molecule has 1 aliphatic carbocycles. The second-order valence-corrected chi connectivity index (χ2v) is 7.43. The first-order valence-electron chi connectivity index (χ1n) is 9.02. The third-order valence-corrected chi connectivity index (χ3v) is 6.03. The quantitative estimate of drug-likeness (QED) is 0.866. The fourth-order valence-electron chi connectivity index (χ4n) is 4.67. The molecule has 1 fully saturated rings. The van der Waals surface area contributed by atoms with Gasteiger partial charge in [-0.15, -0.1) is 0 Å². The van der Waals surface area contributed by atoms with Crippen LogP contribution >= 0.6 is 0 Å². The van der Waals surface area contributed by atoms with Crippen LogP contribution in [-0.2, 0) is 23.7 Å². The van der Waals surface area contributed by atoms with Crippen molar-refractivity contribution in [1.29, 1.82) is 0 Å². The molecule has 1 unspecified atom stereocenters. The van der Waals surface area contributed by atoms with E-state index in [1.165, 1.54) is 43.5 Å².